The van der Waals surface area contributed by atoms with Gasteiger partial charge in [0.2, 0.25) is 5.91 Å². The molecule has 0 radical (unpaired) electrons. The van der Waals surface area contributed by atoms with Crippen LogP contribution >= 0.6 is 0 Å². The van der Waals surface area contributed by atoms with Crippen molar-refractivity contribution in [3.8, 4) is 0 Å². The normalized spacial score (nSPS) is 27.4. The Morgan fingerprint density at radius 1 is 1.62 bits per heavy atom. The van der Waals surface area contributed by atoms with Crippen LogP contribution in [0.25, 0.3) is 0 Å². The number of ether oxygens (including phenoxy) is 1. The fourth-order valence-corrected chi connectivity index (χ4v) is 1.84. The Kier molecular flexibility index (Phi) is 3.78. The molecule has 3 nitrogen and oxygen atoms in total. The number of carbonyl (C=O) groups excluding carboxylic acids is 1. The van der Waals surface area contributed by atoms with Crippen LogP contribution in [-0.4, -0.2) is 25.2 Å². The van der Waals surface area contributed by atoms with Crippen molar-refractivity contribution in [2.45, 2.75) is 32.3 Å². The molecule has 2 aliphatic rings. The van der Waals surface area contributed by atoms with E-state index in [-0.39, 0.29) is 11.8 Å². The molecule has 2 rings (SSSR count). The topological polar surface area (TPSA) is 41.6 Å². The Labute approximate surface area is 96.6 Å². The lowest BCUT2D eigenvalue weighted by molar-refractivity contribution is -0.123. The van der Waals surface area contributed by atoms with E-state index in [2.05, 4.69) is 24.4 Å². The zero-order valence-electron chi connectivity index (χ0n) is 9.74. The number of allylic oxidation sites excluding steroid dienone is 3. The summed E-state index contributed by atoms with van der Waals surface area (Å²) in [5.74, 6) is 0.165. The van der Waals surface area contributed by atoms with Gasteiger partial charge in [0.05, 0.1) is 18.6 Å². The minimum absolute atomic E-state index is 0.0235. The summed E-state index contributed by atoms with van der Waals surface area (Å²) in [6, 6.07) is 0. The van der Waals surface area contributed by atoms with Crippen molar-refractivity contribution >= 4 is 5.91 Å². The predicted molar refractivity (Wildman–Crippen MR) is 63.0 cm³/mol. The molecule has 2 atom stereocenters. The molecule has 88 valence electrons. The first-order valence-corrected chi connectivity index (χ1v) is 6.06. The van der Waals surface area contributed by atoms with E-state index >= 15 is 0 Å². The third-order valence-electron chi connectivity index (χ3n) is 3.09. The van der Waals surface area contributed by atoms with Gasteiger partial charge in [-0.05, 0) is 19.3 Å². The molecule has 1 heterocycles. The summed E-state index contributed by atoms with van der Waals surface area (Å²) in [7, 11) is 0. The highest BCUT2D eigenvalue weighted by atomic mass is 16.6. The molecule has 3 heteroatoms. The van der Waals surface area contributed by atoms with Crippen molar-refractivity contribution in [3.05, 3.63) is 23.8 Å². The second-order valence-corrected chi connectivity index (χ2v) is 4.37. The molecular weight excluding hydrogens is 202 g/mol. The fourth-order valence-electron chi connectivity index (χ4n) is 1.84. The largest absolute Gasteiger partial charge is 0.373 e. The average Bonchev–Trinajstić information content (AvgIpc) is 3.13. The van der Waals surface area contributed by atoms with Gasteiger partial charge in [0.1, 0.15) is 0 Å². The summed E-state index contributed by atoms with van der Waals surface area (Å²) < 4.78 is 5.09. The Morgan fingerprint density at radius 2 is 2.44 bits per heavy atom. The molecule has 0 aromatic rings. The lowest BCUT2D eigenvalue weighted by Crippen LogP contribution is -2.31. The van der Waals surface area contributed by atoms with Gasteiger partial charge in [-0.3, -0.25) is 4.79 Å². The van der Waals surface area contributed by atoms with Crippen LogP contribution in [0.1, 0.15) is 26.2 Å². The number of hydrogen-bond donors (Lipinski definition) is 1. The van der Waals surface area contributed by atoms with Crippen LogP contribution in [0.3, 0.4) is 0 Å². The van der Waals surface area contributed by atoms with Gasteiger partial charge in [0, 0.05) is 6.54 Å². The van der Waals surface area contributed by atoms with E-state index < -0.39 is 0 Å². The summed E-state index contributed by atoms with van der Waals surface area (Å²) in [4.78, 5) is 11.8. The third kappa shape index (κ3) is 3.20. The zero-order chi connectivity index (χ0) is 11.4. The van der Waals surface area contributed by atoms with Gasteiger partial charge in [-0.1, -0.05) is 30.7 Å². The van der Waals surface area contributed by atoms with Crippen LogP contribution in [0, 0.1) is 5.92 Å². The third-order valence-corrected chi connectivity index (χ3v) is 3.09. The van der Waals surface area contributed by atoms with E-state index in [4.69, 9.17) is 4.74 Å². The summed E-state index contributed by atoms with van der Waals surface area (Å²) in [5.41, 5.74) is 1.33. The van der Waals surface area contributed by atoms with E-state index in [0.29, 0.717) is 6.10 Å². The van der Waals surface area contributed by atoms with E-state index in [0.717, 1.165) is 32.4 Å². The fraction of sp³-hybridized carbons (Fsp3) is 0.615. The van der Waals surface area contributed by atoms with Gasteiger partial charge in [0.15, 0.2) is 0 Å². The van der Waals surface area contributed by atoms with Gasteiger partial charge >= 0.3 is 0 Å². The van der Waals surface area contributed by atoms with E-state index in [1.807, 2.05) is 6.08 Å². The molecule has 0 spiro atoms. The molecule has 0 saturated carbocycles. The first-order chi connectivity index (χ1) is 7.79. The summed E-state index contributed by atoms with van der Waals surface area (Å²) >= 11 is 0. The van der Waals surface area contributed by atoms with Crippen LogP contribution in [-0.2, 0) is 9.53 Å². The molecule has 1 fully saturated rings. The molecule has 0 aromatic heterocycles. The maximum atomic E-state index is 11.8. The minimum Gasteiger partial charge on any atom is -0.373 e. The molecule has 16 heavy (non-hydrogen) atoms. The quantitative estimate of drug-likeness (QED) is 0.719. The maximum absolute atomic E-state index is 11.8. The zero-order valence-corrected chi connectivity index (χ0v) is 9.74. The van der Waals surface area contributed by atoms with Crippen LogP contribution in [0.4, 0.5) is 0 Å². The van der Waals surface area contributed by atoms with Gasteiger partial charge in [-0.25, -0.2) is 0 Å². The molecule has 1 amide bonds. The number of amides is 1. The molecule has 0 bridgehead atoms. The Balaban J connectivity index is 1.69. The minimum atomic E-state index is 0.0235. The molecular formula is C13H19NO2. The molecule has 2 unspecified atom stereocenters. The average molecular weight is 221 g/mol. The summed E-state index contributed by atoms with van der Waals surface area (Å²) in [6.45, 7) is 3.73. The highest BCUT2D eigenvalue weighted by Gasteiger charge is 2.22. The van der Waals surface area contributed by atoms with Crippen molar-refractivity contribution in [2.24, 2.45) is 5.92 Å². The van der Waals surface area contributed by atoms with Crippen LogP contribution in [0.15, 0.2) is 23.8 Å². The molecule has 1 aliphatic heterocycles. The number of epoxide rings is 1. The molecule has 1 aliphatic carbocycles. The highest BCUT2D eigenvalue weighted by Crippen LogP contribution is 2.18. The first-order valence-electron chi connectivity index (χ1n) is 6.06. The standard InChI is InChI=1S/C13H19NO2/c1-2-10-3-5-11(6-4-10)13(15)14-8-7-12-9-16-12/h3-5,11-12H,2,6-9H2,1H3,(H,14,15). The van der Waals surface area contributed by atoms with Gasteiger partial charge < -0.3 is 10.1 Å². The summed E-state index contributed by atoms with van der Waals surface area (Å²) in [5, 5.41) is 2.96. The summed E-state index contributed by atoms with van der Waals surface area (Å²) in [6.07, 6.45) is 9.47. The molecule has 1 N–H and O–H groups in total. The maximum Gasteiger partial charge on any atom is 0.227 e. The van der Waals surface area contributed by atoms with Gasteiger partial charge in [0.25, 0.3) is 0 Å². The van der Waals surface area contributed by atoms with Crippen molar-refractivity contribution in [1.29, 1.82) is 0 Å². The second-order valence-electron chi connectivity index (χ2n) is 4.37. The highest BCUT2D eigenvalue weighted by molar-refractivity contribution is 5.81. The lowest BCUT2D eigenvalue weighted by atomic mass is 9.95. The van der Waals surface area contributed by atoms with Crippen LogP contribution in [0.5, 0.6) is 0 Å². The lowest BCUT2D eigenvalue weighted by Gasteiger charge is -2.15. The van der Waals surface area contributed by atoms with Crippen LogP contribution in [0.2, 0.25) is 0 Å². The monoisotopic (exact) mass is 221 g/mol. The number of rotatable bonds is 5. The Bertz CT molecular complexity index is 316. The number of hydrogen-bond acceptors (Lipinski definition) is 2. The van der Waals surface area contributed by atoms with E-state index in [1.54, 1.807) is 0 Å². The van der Waals surface area contributed by atoms with Crippen LogP contribution < -0.4 is 5.32 Å². The Morgan fingerprint density at radius 3 is 3.00 bits per heavy atom. The predicted octanol–water partition coefficient (Wildman–Crippen LogP) is 1.80. The SMILES string of the molecule is CCC1=CCC(C(=O)NCCC2CO2)C=C1. The number of nitrogens with one attached hydrogen (secondary N) is 1. The number of carbonyl (C=O) groups is 1. The Hall–Kier alpha value is -1.09. The van der Waals surface area contributed by atoms with Gasteiger partial charge in [-0.2, -0.15) is 0 Å². The molecule has 1 saturated heterocycles. The second kappa shape index (κ2) is 5.30. The van der Waals surface area contributed by atoms with Crippen molar-refractivity contribution in [1.82, 2.24) is 5.32 Å². The smallest absolute Gasteiger partial charge is 0.227 e. The van der Waals surface area contributed by atoms with Gasteiger partial charge in [-0.15, -0.1) is 0 Å². The first kappa shape index (κ1) is 11.4. The van der Waals surface area contributed by atoms with Crippen molar-refractivity contribution < 1.29 is 9.53 Å². The van der Waals surface area contributed by atoms with Crippen molar-refractivity contribution in [2.75, 3.05) is 13.2 Å². The van der Waals surface area contributed by atoms with E-state index in [9.17, 15) is 4.79 Å². The van der Waals surface area contributed by atoms with Crippen molar-refractivity contribution in [3.63, 3.8) is 0 Å². The van der Waals surface area contributed by atoms with E-state index in [1.165, 1.54) is 5.57 Å². The molecule has 0 aromatic carbocycles.